The first-order valence-corrected chi connectivity index (χ1v) is 9.00. The van der Waals surface area contributed by atoms with E-state index in [4.69, 9.17) is 9.15 Å². The van der Waals surface area contributed by atoms with Crippen molar-refractivity contribution in [2.75, 3.05) is 5.32 Å². The van der Waals surface area contributed by atoms with E-state index in [0.29, 0.717) is 29.1 Å². The first kappa shape index (κ1) is 19.2. The van der Waals surface area contributed by atoms with Gasteiger partial charge in [-0.05, 0) is 74.5 Å². The summed E-state index contributed by atoms with van der Waals surface area (Å²) in [6.07, 6.45) is 1.65. The van der Waals surface area contributed by atoms with Crippen LogP contribution in [0.4, 0.5) is 5.69 Å². The monoisotopic (exact) mass is 378 g/mol. The van der Waals surface area contributed by atoms with Crippen LogP contribution in [-0.2, 0) is 6.54 Å². The molecule has 0 saturated carbocycles. The molecule has 3 rings (SSSR count). The molecule has 0 spiro atoms. The molecule has 3 aromatic rings. The summed E-state index contributed by atoms with van der Waals surface area (Å²) in [6, 6.07) is 17.2. The van der Waals surface area contributed by atoms with E-state index in [-0.39, 0.29) is 17.9 Å². The summed E-state index contributed by atoms with van der Waals surface area (Å²) in [5, 5.41) is 5.59. The summed E-state index contributed by atoms with van der Waals surface area (Å²) in [7, 11) is 0. The highest BCUT2D eigenvalue weighted by atomic mass is 16.5. The van der Waals surface area contributed by atoms with Crippen molar-refractivity contribution in [3.63, 3.8) is 0 Å². The SMILES string of the molecule is CC(C)Oc1ccc(NC(=O)c2ccc(C(=O)NCc3ccco3)cc2)cc1. The zero-order valence-corrected chi connectivity index (χ0v) is 15.8. The fraction of sp³-hybridized carbons (Fsp3) is 0.182. The molecule has 6 nitrogen and oxygen atoms in total. The van der Waals surface area contributed by atoms with Gasteiger partial charge in [0.2, 0.25) is 0 Å². The quantitative estimate of drug-likeness (QED) is 0.644. The molecular weight excluding hydrogens is 356 g/mol. The predicted molar refractivity (Wildman–Crippen MR) is 106 cm³/mol. The van der Waals surface area contributed by atoms with Gasteiger partial charge >= 0.3 is 0 Å². The zero-order chi connectivity index (χ0) is 19.9. The molecule has 144 valence electrons. The van der Waals surface area contributed by atoms with Crippen LogP contribution >= 0.6 is 0 Å². The minimum Gasteiger partial charge on any atom is -0.491 e. The average Bonchev–Trinajstić information content (AvgIpc) is 3.21. The Morgan fingerprint density at radius 3 is 2.14 bits per heavy atom. The number of nitrogens with one attached hydrogen (secondary N) is 2. The topological polar surface area (TPSA) is 80.6 Å². The lowest BCUT2D eigenvalue weighted by molar-refractivity contribution is 0.0946. The second-order valence-corrected chi connectivity index (χ2v) is 6.48. The van der Waals surface area contributed by atoms with Crippen LogP contribution in [0.1, 0.15) is 40.3 Å². The van der Waals surface area contributed by atoms with Crippen LogP contribution in [0.2, 0.25) is 0 Å². The fourth-order valence-electron chi connectivity index (χ4n) is 2.55. The van der Waals surface area contributed by atoms with Gasteiger partial charge in [0.15, 0.2) is 0 Å². The Kier molecular flexibility index (Phi) is 6.11. The maximum atomic E-state index is 12.4. The van der Waals surface area contributed by atoms with E-state index < -0.39 is 0 Å². The maximum absolute atomic E-state index is 12.4. The Labute approximate surface area is 163 Å². The van der Waals surface area contributed by atoms with Crippen molar-refractivity contribution in [3.8, 4) is 5.75 Å². The number of anilines is 1. The Hall–Kier alpha value is -3.54. The van der Waals surface area contributed by atoms with E-state index in [0.717, 1.165) is 5.75 Å². The highest BCUT2D eigenvalue weighted by Gasteiger charge is 2.10. The molecule has 6 heteroatoms. The van der Waals surface area contributed by atoms with Crippen molar-refractivity contribution < 1.29 is 18.7 Å². The Morgan fingerprint density at radius 1 is 0.929 bits per heavy atom. The third-order valence-corrected chi connectivity index (χ3v) is 3.90. The number of benzene rings is 2. The van der Waals surface area contributed by atoms with Crippen molar-refractivity contribution in [1.82, 2.24) is 5.32 Å². The van der Waals surface area contributed by atoms with Gasteiger partial charge in [-0.15, -0.1) is 0 Å². The molecular formula is C22H22N2O4. The molecule has 1 heterocycles. The number of furan rings is 1. The smallest absolute Gasteiger partial charge is 0.255 e. The van der Waals surface area contributed by atoms with Crippen LogP contribution in [0.25, 0.3) is 0 Å². The molecule has 0 aliphatic heterocycles. The van der Waals surface area contributed by atoms with Crippen molar-refractivity contribution in [2.45, 2.75) is 26.5 Å². The third-order valence-electron chi connectivity index (χ3n) is 3.90. The van der Waals surface area contributed by atoms with Crippen molar-refractivity contribution >= 4 is 17.5 Å². The van der Waals surface area contributed by atoms with E-state index in [1.165, 1.54) is 0 Å². The number of hydrogen-bond acceptors (Lipinski definition) is 4. The van der Waals surface area contributed by atoms with Crippen LogP contribution in [0.3, 0.4) is 0 Å². The summed E-state index contributed by atoms with van der Waals surface area (Å²) >= 11 is 0. The largest absolute Gasteiger partial charge is 0.491 e. The average molecular weight is 378 g/mol. The maximum Gasteiger partial charge on any atom is 0.255 e. The number of carbonyl (C=O) groups is 2. The van der Waals surface area contributed by atoms with E-state index >= 15 is 0 Å². The van der Waals surface area contributed by atoms with Gasteiger partial charge in [-0.25, -0.2) is 0 Å². The minimum absolute atomic E-state index is 0.0928. The first-order chi connectivity index (χ1) is 13.5. The third kappa shape index (κ3) is 5.23. The predicted octanol–water partition coefficient (Wildman–Crippen LogP) is 4.25. The Balaban J connectivity index is 1.56. The van der Waals surface area contributed by atoms with E-state index in [1.54, 1.807) is 54.8 Å². The molecule has 0 radical (unpaired) electrons. The molecule has 0 aliphatic carbocycles. The van der Waals surface area contributed by atoms with Gasteiger partial charge < -0.3 is 19.8 Å². The highest BCUT2D eigenvalue weighted by molar-refractivity contribution is 6.05. The fourth-order valence-corrected chi connectivity index (χ4v) is 2.55. The number of hydrogen-bond donors (Lipinski definition) is 2. The lowest BCUT2D eigenvalue weighted by atomic mass is 10.1. The molecule has 0 unspecified atom stereocenters. The molecule has 0 saturated heterocycles. The lowest BCUT2D eigenvalue weighted by Crippen LogP contribution is -2.22. The van der Waals surface area contributed by atoms with Gasteiger partial charge in [0.1, 0.15) is 11.5 Å². The zero-order valence-electron chi connectivity index (χ0n) is 15.8. The summed E-state index contributed by atoms with van der Waals surface area (Å²) < 4.78 is 10.8. The van der Waals surface area contributed by atoms with Gasteiger partial charge in [-0.3, -0.25) is 9.59 Å². The number of rotatable bonds is 7. The molecule has 2 aromatic carbocycles. The molecule has 0 fully saturated rings. The highest BCUT2D eigenvalue weighted by Crippen LogP contribution is 2.18. The van der Waals surface area contributed by atoms with Crippen LogP contribution in [-0.4, -0.2) is 17.9 Å². The van der Waals surface area contributed by atoms with Crippen LogP contribution in [0.15, 0.2) is 71.3 Å². The summed E-state index contributed by atoms with van der Waals surface area (Å²) in [6.45, 7) is 4.22. The van der Waals surface area contributed by atoms with Crippen LogP contribution in [0.5, 0.6) is 5.75 Å². The summed E-state index contributed by atoms with van der Waals surface area (Å²) in [4.78, 5) is 24.5. The lowest BCUT2D eigenvalue weighted by Gasteiger charge is -2.11. The number of ether oxygens (including phenoxy) is 1. The summed E-state index contributed by atoms with van der Waals surface area (Å²) in [5.74, 6) is 0.941. The molecule has 0 aliphatic rings. The van der Waals surface area contributed by atoms with Gasteiger partial charge in [0.05, 0.1) is 18.9 Å². The minimum atomic E-state index is -0.250. The Bertz CT molecular complexity index is 914. The van der Waals surface area contributed by atoms with Crippen molar-refractivity contribution in [1.29, 1.82) is 0 Å². The van der Waals surface area contributed by atoms with E-state index in [9.17, 15) is 9.59 Å². The normalized spacial score (nSPS) is 10.5. The van der Waals surface area contributed by atoms with Crippen LogP contribution in [0, 0.1) is 0 Å². The molecule has 2 N–H and O–H groups in total. The molecule has 0 atom stereocenters. The van der Waals surface area contributed by atoms with Crippen molar-refractivity contribution in [3.05, 3.63) is 83.8 Å². The first-order valence-electron chi connectivity index (χ1n) is 9.00. The second-order valence-electron chi connectivity index (χ2n) is 6.48. The second kappa shape index (κ2) is 8.90. The van der Waals surface area contributed by atoms with Crippen molar-refractivity contribution in [2.24, 2.45) is 0 Å². The molecule has 28 heavy (non-hydrogen) atoms. The summed E-state index contributed by atoms with van der Waals surface area (Å²) in [5.41, 5.74) is 1.60. The van der Waals surface area contributed by atoms with Gasteiger partial charge in [0.25, 0.3) is 11.8 Å². The molecule has 2 amide bonds. The van der Waals surface area contributed by atoms with E-state index in [2.05, 4.69) is 10.6 Å². The Morgan fingerprint density at radius 2 is 1.57 bits per heavy atom. The molecule has 0 bridgehead atoms. The number of amides is 2. The van der Waals surface area contributed by atoms with Gasteiger partial charge in [0, 0.05) is 16.8 Å². The number of carbonyl (C=O) groups excluding carboxylic acids is 2. The van der Waals surface area contributed by atoms with Gasteiger partial charge in [-0.2, -0.15) is 0 Å². The molecule has 1 aromatic heterocycles. The van der Waals surface area contributed by atoms with E-state index in [1.807, 2.05) is 26.0 Å². The standard InChI is InChI=1S/C22H22N2O4/c1-15(2)28-19-11-9-18(10-12-19)24-22(26)17-7-5-16(6-8-17)21(25)23-14-20-4-3-13-27-20/h3-13,15H,14H2,1-2H3,(H,23,25)(H,24,26). The van der Waals surface area contributed by atoms with Crippen LogP contribution < -0.4 is 15.4 Å². The van der Waals surface area contributed by atoms with Gasteiger partial charge in [-0.1, -0.05) is 0 Å².